The maximum atomic E-state index is 3.42. The molecule has 0 amide bonds. The molecule has 1 aromatic rings. The molecule has 0 fully saturated rings. The second-order valence-electron chi connectivity index (χ2n) is 5.80. The maximum Gasteiger partial charge on any atom is 0.0446 e. The number of aryl methyl sites for hydroxylation is 1. The quantitative estimate of drug-likeness (QED) is 0.830. The number of rotatable bonds is 6. The normalized spacial score (nSPS) is 13.9. The average Bonchev–Trinajstić information content (AvgIpc) is 2.36. The van der Waals surface area contributed by atoms with Crippen molar-refractivity contribution in [2.45, 2.75) is 45.7 Å². The highest BCUT2D eigenvalue weighted by Crippen LogP contribution is 2.21. The lowest BCUT2D eigenvalue weighted by atomic mass is 9.97. The van der Waals surface area contributed by atoms with E-state index in [0.717, 1.165) is 13.0 Å². The van der Waals surface area contributed by atoms with Gasteiger partial charge in [-0.25, -0.2) is 0 Å². The number of hydrogen-bond donors (Lipinski definition) is 1. The van der Waals surface area contributed by atoms with Crippen LogP contribution < -0.4 is 5.32 Å². The number of hydrogen-bond acceptors (Lipinski definition) is 2. The van der Waals surface area contributed by atoms with Gasteiger partial charge < -0.3 is 5.32 Å². The maximum absolute atomic E-state index is 3.42. The van der Waals surface area contributed by atoms with Gasteiger partial charge in [0, 0.05) is 18.1 Å². The Kier molecular flexibility index (Phi) is 5.36. The monoisotopic (exact) mass is 248 g/mol. The molecule has 1 unspecified atom stereocenters. The Morgan fingerprint density at radius 2 is 1.78 bits per heavy atom. The van der Waals surface area contributed by atoms with E-state index in [-0.39, 0.29) is 5.54 Å². The lowest BCUT2D eigenvalue weighted by molar-refractivity contribution is 0.137. The third kappa shape index (κ3) is 3.82. The van der Waals surface area contributed by atoms with E-state index >= 15 is 0 Å². The molecule has 0 aliphatic carbocycles. The molecule has 0 aliphatic rings. The minimum atomic E-state index is 0.250. The van der Waals surface area contributed by atoms with E-state index in [1.807, 2.05) is 7.05 Å². The van der Waals surface area contributed by atoms with Gasteiger partial charge in [-0.15, -0.1) is 0 Å². The van der Waals surface area contributed by atoms with Gasteiger partial charge in [-0.3, -0.25) is 4.90 Å². The summed E-state index contributed by atoms with van der Waals surface area (Å²) in [6.07, 6.45) is 1.16. The van der Waals surface area contributed by atoms with E-state index in [9.17, 15) is 0 Å². The van der Waals surface area contributed by atoms with Gasteiger partial charge in [0.15, 0.2) is 0 Å². The molecule has 18 heavy (non-hydrogen) atoms. The molecule has 0 bridgehead atoms. The summed E-state index contributed by atoms with van der Waals surface area (Å²) >= 11 is 0. The molecule has 0 saturated carbocycles. The Bertz CT molecular complexity index is 354. The SMILES string of the molecule is CCC(C)(C)N(C)CC(NC)c1ccc(C)cc1. The first-order valence-electron chi connectivity index (χ1n) is 6.85. The fourth-order valence-electron chi connectivity index (χ4n) is 1.95. The first kappa shape index (κ1) is 15.2. The summed E-state index contributed by atoms with van der Waals surface area (Å²) in [5, 5.41) is 3.42. The second-order valence-corrected chi connectivity index (χ2v) is 5.80. The van der Waals surface area contributed by atoms with Crippen LogP contribution in [0.5, 0.6) is 0 Å². The predicted molar refractivity (Wildman–Crippen MR) is 80.0 cm³/mol. The van der Waals surface area contributed by atoms with Crippen LogP contribution in [0, 0.1) is 6.92 Å². The third-order valence-electron chi connectivity index (χ3n) is 4.18. The number of benzene rings is 1. The Hall–Kier alpha value is -0.860. The van der Waals surface area contributed by atoms with Crippen LogP contribution in [0.4, 0.5) is 0 Å². The largest absolute Gasteiger partial charge is 0.312 e. The van der Waals surface area contributed by atoms with Crippen LogP contribution >= 0.6 is 0 Å². The molecule has 1 rings (SSSR count). The zero-order valence-corrected chi connectivity index (χ0v) is 12.7. The van der Waals surface area contributed by atoms with Gasteiger partial charge >= 0.3 is 0 Å². The van der Waals surface area contributed by atoms with Crippen molar-refractivity contribution in [3.05, 3.63) is 35.4 Å². The Labute approximate surface area is 112 Å². The molecule has 2 nitrogen and oxygen atoms in total. The molecule has 0 aromatic heterocycles. The van der Waals surface area contributed by atoms with Gasteiger partial charge in [-0.2, -0.15) is 0 Å². The molecule has 1 atom stereocenters. The van der Waals surface area contributed by atoms with Gasteiger partial charge in [0.2, 0.25) is 0 Å². The van der Waals surface area contributed by atoms with Gasteiger partial charge in [0.05, 0.1) is 0 Å². The molecule has 0 heterocycles. The first-order valence-corrected chi connectivity index (χ1v) is 6.85. The Balaban J connectivity index is 2.76. The molecule has 1 aromatic carbocycles. The van der Waals surface area contributed by atoms with E-state index in [4.69, 9.17) is 0 Å². The van der Waals surface area contributed by atoms with Crippen molar-refractivity contribution >= 4 is 0 Å². The minimum absolute atomic E-state index is 0.250. The zero-order chi connectivity index (χ0) is 13.8. The van der Waals surface area contributed by atoms with Crippen molar-refractivity contribution in [1.82, 2.24) is 10.2 Å². The Morgan fingerprint density at radius 1 is 1.22 bits per heavy atom. The fraction of sp³-hybridized carbons (Fsp3) is 0.625. The zero-order valence-electron chi connectivity index (χ0n) is 12.7. The van der Waals surface area contributed by atoms with E-state index in [1.165, 1.54) is 11.1 Å². The van der Waals surface area contributed by atoms with Gasteiger partial charge in [-0.05, 0) is 46.9 Å². The van der Waals surface area contributed by atoms with Gasteiger partial charge in [0.1, 0.15) is 0 Å². The Morgan fingerprint density at radius 3 is 2.22 bits per heavy atom. The van der Waals surface area contributed by atoms with Crippen LogP contribution in [-0.2, 0) is 0 Å². The van der Waals surface area contributed by atoms with Crippen LogP contribution in [0.25, 0.3) is 0 Å². The number of nitrogens with one attached hydrogen (secondary N) is 1. The second kappa shape index (κ2) is 6.35. The number of likely N-dealkylation sites (N-methyl/N-ethyl adjacent to an activating group) is 2. The molecule has 1 N–H and O–H groups in total. The molecular weight excluding hydrogens is 220 g/mol. The lowest BCUT2D eigenvalue weighted by Crippen LogP contribution is -2.44. The highest BCUT2D eigenvalue weighted by molar-refractivity contribution is 5.24. The van der Waals surface area contributed by atoms with Crippen molar-refractivity contribution in [3.8, 4) is 0 Å². The summed E-state index contributed by atoms with van der Waals surface area (Å²) in [5.74, 6) is 0. The summed E-state index contributed by atoms with van der Waals surface area (Å²) in [6, 6.07) is 9.21. The van der Waals surface area contributed by atoms with Gasteiger partial charge in [-0.1, -0.05) is 36.8 Å². The minimum Gasteiger partial charge on any atom is -0.312 e. The highest BCUT2D eigenvalue weighted by Gasteiger charge is 2.23. The average molecular weight is 248 g/mol. The molecular formula is C16H28N2. The van der Waals surface area contributed by atoms with Crippen LogP contribution in [0.15, 0.2) is 24.3 Å². The van der Waals surface area contributed by atoms with Crippen molar-refractivity contribution in [3.63, 3.8) is 0 Å². The molecule has 0 aliphatic heterocycles. The lowest BCUT2D eigenvalue weighted by Gasteiger charge is -2.37. The predicted octanol–water partition coefficient (Wildman–Crippen LogP) is 3.38. The summed E-state index contributed by atoms with van der Waals surface area (Å²) in [7, 11) is 4.25. The van der Waals surface area contributed by atoms with Gasteiger partial charge in [0.25, 0.3) is 0 Å². The van der Waals surface area contributed by atoms with Crippen molar-refractivity contribution in [2.75, 3.05) is 20.6 Å². The van der Waals surface area contributed by atoms with Crippen molar-refractivity contribution in [2.24, 2.45) is 0 Å². The molecule has 0 radical (unpaired) electrons. The number of nitrogens with zero attached hydrogens (tertiary/aromatic N) is 1. The van der Waals surface area contributed by atoms with Crippen LogP contribution in [0.2, 0.25) is 0 Å². The molecule has 102 valence electrons. The smallest absolute Gasteiger partial charge is 0.0446 e. The topological polar surface area (TPSA) is 15.3 Å². The van der Waals surface area contributed by atoms with Crippen molar-refractivity contribution in [1.29, 1.82) is 0 Å². The summed E-state index contributed by atoms with van der Waals surface area (Å²) < 4.78 is 0. The van der Waals surface area contributed by atoms with E-state index < -0.39 is 0 Å². The fourth-order valence-corrected chi connectivity index (χ4v) is 1.95. The summed E-state index contributed by atoms with van der Waals surface area (Å²) in [5.41, 5.74) is 2.93. The van der Waals surface area contributed by atoms with Crippen LogP contribution in [0.1, 0.15) is 44.4 Å². The highest BCUT2D eigenvalue weighted by atomic mass is 15.2. The first-order chi connectivity index (χ1) is 8.40. The van der Waals surface area contributed by atoms with E-state index in [2.05, 4.69) is 69.2 Å². The van der Waals surface area contributed by atoms with Crippen molar-refractivity contribution < 1.29 is 0 Å². The summed E-state index contributed by atoms with van der Waals surface area (Å²) in [4.78, 5) is 2.44. The van der Waals surface area contributed by atoms with E-state index in [0.29, 0.717) is 6.04 Å². The summed E-state index contributed by atoms with van der Waals surface area (Å²) in [6.45, 7) is 10.0. The van der Waals surface area contributed by atoms with Crippen LogP contribution in [-0.4, -0.2) is 31.1 Å². The molecule has 2 heteroatoms. The standard InChI is InChI=1S/C16H28N2/c1-7-16(3,4)18(6)12-15(17-5)14-10-8-13(2)9-11-14/h8-11,15,17H,7,12H2,1-6H3. The molecule has 0 saturated heterocycles. The molecule has 0 spiro atoms. The van der Waals surface area contributed by atoms with Crippen LogP contribution in [0.3, 0.4) is 0 Å². The third-order valence-corrected chi connectivity index (χ3v) is 4.18. The van der Waals surface area contributed by atoms with E-state index in [1.54, 1.807) is 0 Å².